The van der Waals surface area contributed by atoms with Crippen molar-refractivity contribution in [1.82, 2.24) is 0 Å². The third kappa shape index (κ3) is 3.85. The first-order valence-electron chi connectivity index (χ1n) is 10.1. The van der Waals surface area contributed by atoms with Crippen LogP contribution < -0.4 is 9.47 Å². The summed E-state index contributed by atoms with van der Waals surface area (Å²) in [4.78, 5) is 12.1. The summed E-state index contributed by atoms with van der Waals surface area (Å²) in [5.74, 6) is 1.94. The fraction of sp³-hybridized carbons (Fsp3) is 0.609. The maximum Gasteiger partial charge on any atom is 0.333 e. The van der Waals surface area contributed by atoms with Gasteiger partial charge >= 0.3 is 5.97 Å². The van der Waals surface area contributed by atoms with Crippen LogP contribution in [0.25, 0.3) is 0 Å². The number of aryl methyl sites for hydroxylation is 1. The van der Waals surface area contributed by atoms with Crippen LogP contribution in [-0.4, -0.2) is 25.8 Å². The summed E-state index contributed by atoms with van der Waals surface area (Å²) in [6.07, 6.45) is 8.34. The molecule has 0 fully saturated rings. The zero-order valence-corrected chi connectivity index (χ0v) is 17.3. The second-order valence-electron chi connectivity index (χ2n) is 8.23. The molecule has 0 radical (unpaired) electrons. The van der Waals surface area contributed by atoms with E-state index in [4.69, 9.17) is 14.2 Å². The number of allylic oxidation sites excluding steroid dienone is 1. The number of esters is 1. The van der Waals surface area contributed by atoms with Gasteiger partial charge in [0, 0.05) is 23.0 Å². The van der Waals surface area contributed by atoms with Gasteiger partial charge in [-0.25, -0.2) is 4.79 Å². The smallest absolute Gasteiger partial charge is 0.333 e. The second kappa shape index (κ2) is 7.95. The molecule has 0 bridgehead atoms. The Kier molecular flexibility index (Phi) is 5.83. The number of methoxy groups -OCH3 is 2. The molecule has 1 aliphatic heterocycles. The van der Waals surface area contributed by atoms with Crippen LogP contribution in [0, 0.1) is 5.92 Å². The highest BCUT2D eigenvalue weighted by atomic mass is 16.5. The van der Waals surface area contributed by atoms with Gasteiger partial charge in [0.1, 0.15) is 17.1 Å². The Morgan fingerprint density at radius 3 is 2.70 bits per heavy atom. The lowest BCUT2D eigenvalue weighted by molar-refractivity contribution is -0.136. The summed E-state index contributed by atoms with van der Waals surface area (Å²) in [5, 5.41) is 0. The number of unbranched alkanes of at least 4 members (excludes halogenated alkanes) is 2. The summed E-state index contributed by atoms with van der Waals surface area (Å²) in [7, 11) is 3.16. The van der Waals surface area contributed by atoms with Crippen molar-refractivity contribution in [2.45, 2.75) is 70.8 Å². The second-order valence-corrected chi connectivity index (χ2v) is 8.23. The van der Waals surface area contributed by atoms with Crippen LogP contribution in [0.4, 0.5) is 0 Å². The van der Waals surface area contributed by atoms with Gasteiger partial charge < -0.3 is 14.2 Å². The minimum Gasteiger partial charge on any atom is -0.496 e. The van der Waals surface area contributed by atoms with Gasteiger partial charge in [-0.3, -0.25) is 0 Å². The molecule has 0 saturated heterocycles. The Balaban J connectivity index is 2.05. The topological polar surface area (TPSA) is 44.8 Å². The monoisotopic (exact) mass is 372 g/mol. The minimum atomic E-state index is -0.289. The maximum absolute atomic E-state index is 12.1. The highest BCUT2D eigenvalue weighted by Gasteiger charge is 2.46. The maximum atomic E-state index is 12.1. The lowest BCUT2D eigenvalue weighted by Crippen LogP contribution is -2.45. The van der Waals surface area contributed by atoms with E-state index in [1.165, 1.54) is 31.9 Å². The van der Waals surface area contributed by atoms with Crippen molar-refractivity contribution in [3.63, 3.8) is 0 Å². The summed E-state index contributed by atoms with van der Waals surface area (Å²) in [6, 6.07) is 4.32. The number of hydrogen-bond donors (Lipinski definition) is 0. The molecule has 4 nitrogen and oxygen atoms in total. The SMILES string of the molecule is CCCCCc1cc(OC)c2c(c1)OC(C)(C)C1CCC(C(=O)OC)=CC21. The summed E-state index contributed by atoms with van der Waals surface area (Å²) in [5.41, 5.74) is 2.79. The fourth-order valence-electron chi connectivity index (χ4n) is 4.59. The lowest BCUT2D eigenvalue weighted by Gasteiger charge is -2.46. The average Bonchev–Trinajstić information content (AvgIpc) is 2.66. The van der Waals surface area contributed by atoms with Crippen molar-refractivity contribution in [2.24, 2.45) is 5.92 Å². The quantitative estimate of drug-likeness (QED) is 0.509. The molecule has 2 aliphatic rings. The number of carbonyl (C=O) groups is 1. The van der Waals surface area contributed by atoms with Crippen LogP contribution in [0.3, 0.4) is 0 Å². The molecule has 27 heavy (non-hydrogen) atoms. The van der Waals surface area contributed by atoms with Crippen molar-refractivity contribution in [1.29, 1.82) is 0 Å². The van der Waals surface area contributed by atoms with E-state index in [1.54, 1.807) is 7.11 Å². The van der Waals surface area contributed by atoms with Crippen LogP contribution >= 0.6 is 0 Å². The first kappa shape index (κ1) is 19.8. The standard InChI is InChI=1S/C23H32O4/c1-6-7-8-9-15-12-19(25-4)21-17-14-16(22(24)26-5)10-11-18(17)23(2,3)27-20(21)13-15/h12-14,17-18H,6-11H2,1-5H3. The van der Waals surface area contributed by atoms with Gasteiger partial charge in [0.25, 0.3) is 0 Å². The van der Waals surface area contributed by atoms with E-state index in [9.17, 15) is 4.79 Å². The molecule has 0 saturated carbocycles. The van der Waals surface area contributed by atoms with Crippen LogP contribution in [0.2, 0.25) is 0 Å². The zero-order valence-electron chi connectivity index (χ0n) is 17.3. The molecule has 1 aromatic carbocycles. The Bertz CT molecular complexity index is 732. The van der Waals surface area contributed by atoms with E-state index >= 15 is 0 Å². The molecular formula is C23H32O4. The van der Waals surface area contributed by atoms with Crippen molar-refractivity contribution in [2.75, 3.05) is 14.2 Å². The van der Waals surface area contributed by atoms with Crippen molar-refractivity contribution >= 4 is 5.97 Å². The zero-order chi connectivity index (χ0) is 19.6. The summed E-state index contributed by atoms with van der Waals surface area (Å²) < 4.78 is 17.2. The molecule has 2 unspecified atom stereocenters. The van der Waals surface area contributed by atoms with Gasteiger partial charge in [0.15, 0.2) is 0 Å². The number of hydrogen-bond acceptors (Lipinski definition) is 4. The lowest BCUT2D eigenvalue weighted by atomic mass is 9.67. The van der Waals surface area contributed by atoms with Crippen LogP contribution in [-0.2, 0) is 16.0 Å². The fourth-order valence-corrected chi connectivity index (χ4v) is 4.59. The van der Waals surface area contributed by atoms with Gasteiger partial charge in [0.2, 0.25) is 0 Å². The number of fused-ring (bicyclic) bond motifs is 3. The molecule has 1 heterocycles. The van der Waals surface area contributed by atoms with Gasteiger partial charge in [0.05, 0.1) is 14.2 Å². The van der Waals surface area contributed by atoms with E-state index in [2.05, 4.69) is 39.0 Å². The molecule has 1 aliphatic carbocycles. The molecule has 148 valence electrons. The van der Waals surface area contributed by atoms with Crippen LogP contribution in [0.5, 0.6) is 11.5 Å². The third-order valence-electron chi connectivity index (χ3n) is 6.04. The van der Waals surface area contributed by atoms with Crippen molar-refractivity contribution in [3.05, 3.63) is 34.9 Å². The largest absolute Gasteiger partial charge is 0.496 e. The van der Waals surface area contributed by atoms with E-state index in [1.807, 2.05) is 0 Å². The minimum absolute atomic E-state index is 0.103. The Labute approximate surface area is 162 Å². The van der Waals surface area contributed by atoms with Gasteiger partial charge in [-0.05, 0) is 57.2 Å². The third-order valence-corrected chi connectivity index (χ3v) is 6.04. The Morgan fingerprint density at radius 1 is 1.26 bits per heavy atom. The summed E-state index contributed by atoms with van der Waals surface area (Å²) >= 11 is 0. The highest BCUT2D eigenvalue weighted by Crippen LogP contribution is 2.53. The van der Waals surface area contributed by atoms with Gasteiger partial charge in [-0.1, -0.05) is 25.8 Å². The number of rotatable bonds is 6. The molecule has 0 aromatic heterocycles. The Morgan fingerprint density at radius 2 is 2.04 bits per heavy atom. The van der Waals surface area contributed by atoms with E-state index < -0.39 is 0 Å². The molecule has 0 spiro atoms. The van der Waals surface area contributed by atoms with Crippen molar-refractivity contribution < 1.29 is 19.0 Å². The Hall–Kier alpha value is -1.97. The van der Waals surface area contributed by atoms with E-state index in [0.29, 0.717) is 5.92 Å². The van der Waals surface area contributed by atoms with Gasteiger partial charge in [-0.15, -0.1) is 0 Å². The normalized spacial score (nSPS) is 22.8. The highest BCUT2D eigenvalue weighted by molar-refractivity contribution is 5.88. The van der Waals surface area contributed by atoms with E-state index in [0.717, 1.165) is 41.9 Å². The molecule has 1 aromatic rings. The molecule has 2 atom stereocenters. The average molecular weight is 373 g/mol. The summed E-state index contributed by atoms with van der Waals surface area (Å²) in [6.45, 7) is 6.52. The molecule has 0 amide bonds. The molecule has 4 heteroatoms. The molecule has 3 rings (SSSR count). The first-order chi connectivity index (χ1) is 12.9. The number of ether oxygens (including phenoxy) is 3. The predicted octanol–water partition coefficient (Wildman–Crippen LogP) is 5.19. The number of carbonyl (C=O) groups excluding carboxylic acids is 1. The molecular weight excluding hydrogens is 340 g/mol. The van der Waals surface area contributed by atoms with Crippen LogP contribution in [0.15, 0.2) is 23.8 Å². The predicted molar refractivity (Wildman–Crippen MR) is 106 cm³/mol. The number of benzene rings is 1. The van der Waals surface area contributed by atoms with Crippen LogP contribution in [0.1, 0.15) is 69.9 Å². The van der Waals surface area contributed by atoms with E-state index in [-0.39, 0.29) is 17.5 Å². The molecule has 0 N–H and O–H groups in total. The van der Waals surface area contributed by atoms with Crippen molar-refractivity contribution in [3.8, 4) is 11.5 Å². The first-order valence-corrected chi connectivity index (χ1v) is 10.1. The van der Waals surface area contributed by atoms with Gasteiger partial charge in [-0.2, -0.15) is 0 Å².